The average Bonchev–Trinajstić information content (AvgIpc) is 2.72. The Morgan fingerprint density at radius 3 is 2.62 bits per heavy atom. The SMILES string of the molecule is C/C(N)=C\C=C(/N=N)c1ccc2c(c1)CN(C)CC2c1ccc2ccccc2c1. The van der Waals surface area contributed by atoms with Crippen LogP contribution < -0.4 is 5.73 Å². The van der Waals surface area contributed by atoms with Crippen LogP contribution in [-0.2, 0) is 6.54 Å². The van der Waals surface area contributed by atoms with Crippen molar-refractivity contribution in [1.82, 2.24) is 4.90 Å². The van der Waals surface area contributed by atoms with Crippen molar-refractivity contribution in [2.45, 2.75) is 19.4 Å². The van der Waals surface area contributed by atoms with Crippen LogP contribution in [0.3, 0.4) is 0 Å². The topological polar surface area (TPSA) is 65.5 Å². The third-order valence-corrected chi connectivity index (χ3v) is 5.55. The van der Waals surface area contributed by atoms with E-state index in [1.165, 1.54) is 27.5 Å². The number of benzene rings is 3. The molecule has 0 fully saturated rings. The van der Waals surface area contributed by atoms with Crippen LogP contribution in [0.4, 0.5) is 0 Å². The van der Waals surface area contributed by atoms with Crippen LogP contribution >= 0.6 is 0 Å². The highest BCUT2D eigenvalue weighted by molar-refractivity contribution is 5.83. The normalized spacial score (nSPS) is 17.9. The quantitative estimate of drug-likeness (QED) is 0.452. The molecular weight excluding hydrogens is 356 g/mol. The Hall–Kier alpha value is -3.24. The van der Waals surface area contributed by atoms with Crippen LogP contribution in [-0.4, -0.2) is 18.5 Å². The second kappa shape index (κ2) is 8.02. The van der Waals surface area contributed by atoms with E-state index < -0.39 is 0 Å². The highest BCUT2D eigenvalue weighted by atomic mass is 15.1. The summed E-state index contributed by atoms with van der Waals surface area (Å²) in [6.45, 7) is 3.71. The van der Waals surface area contributed by atoms with E-state index in [4.69, 9.17) is 11.3 Å². The lowest BCUT2D eigenvalue weighted by Crippen LogP contribution is -2.31. The number of nitrogens with zero attached hydrogens (tertiary/aromatic N) is 2. The maximum absolute atomic E-state index is 7.55. The lowest BCUT2D eigenvalue weighted by Gasteiger charge is -2.33. The summed E-state index contributed by atoms with van der Waals surface area (Å²) in [5.74, 6) is 0.328. The fourth-order valence-electron chi connectivity index (χ4n) is 4.13. The third kappa shape index (κ3) is 3.98. The van der Waals surface area contributed by atoms with Gasteiger partial charge in [0.05, 0.1) is 5.70 Å². The number of hydrogen-bond acceptors (Lipinski definition) is 4. The zero-order chi connectivity index (χ0) is 20.4. The summed E-state index contributed by atoms with van der Waals surface area (Å²) >= 11 is 0. The Morgan fingerprint density at radius 2 is 1.86 bits per heavy atom. The summed E-state index contributed by atoms with van der Waals surface area (Å²) in [6.07, 6.45) is 3.59. The Labute approximate surface area is 171 Å². The Morgan fingerprint density at radius 1 is 1.07 bits per heavy atom. The molecule has 0 aromatic heterocycles. The first-order valence-electron chi connectivity index (χ1n) is 9.87. The monoisotopic (exact) mass is 382 g/mol. The van der Waals surface area contributed by atoms with Gasteiger partial charge in [-0.2, -0.15) is 5.11 Å². The second-order valence-corrected chi connectivity index (χ2v) is 7.84. The maximum atomic E-state index is 7.55. The van der Waals surface area contributed by atoms with Crippen molar-refractivity contribution in [3.8, 4) is 0 Å². The molecule has 1 heterocycles. The lowest BCUT2D eigenvalue weighted by molar-refractivity contribution is 0.295. The van der Waals surface area contributed by atoms with Crippen LogP contribution in [0.15, 0.2) is 83.6 Å². The van der Waals surface area contributed by atoms with Crippen LogP contribution in [0.2, 0.25) is 0 Å². The van der Waals surface area contributed by atoms with Gasteiger partial charge in [-0.3, -0.25) is 0 Å². The van der Waals surface area contributed by atoms with Gasteiger partial charge in [0.2, 0.25) is 0 Å². The van der Waals surface area contributed by atoms with Crippen molar-refractivity contribution >= 4 is 16.5 Å². The van der Waals surface area contributed by atoms with Gasteiger partial charge in [-0.15, -0.1) is 0 Å². The Kier molecular flexibility index (Phi) is 5.28. The molecule has 4 nitrogen and oxygen atoms in total. The van der Waals surface area contributed by atoms with Gasteiger partial charge in [-0.1, -0.05) is 54.6 Å². The van der Waals surface area contributed by atoms with Crippen molar-refractivity contribution in [2.75, 3.05) is 13.6 Å². The van der Waals surface area contributed by atoms with E-state index in [1.807, 2.05) is 6.92 Å². The minimum atomic E-state index is 0.328. The minimum Gasteiger partial charge on any atom is -0.402 e. The van der Waals surface area contributed by atoms with Gasteiger partial charge in [0.25, 0.3) is 0 Å². The van der Waals surface area contributed by atoms with E-state index >= 15 is 0 Å². The van der Waals surface area contributed by atoms with E-state index in [9.17, 15) is 0 Å². The number of hydrogen-bond donors (Lipinski definition) is 2. The third-order valence-electron chi connectivity index (χ3n) is 5.55. The number of allylic oxidation sites excluding steroid dienone is 3. The number of likely N-dealkylation sites (N-methyl/N-ethyl adjacent to an activating group) is 1. The summed E-state index contributed by atoms with van der Waals surface area (Å²) in [4.78, 5) is 2.36. The predicted octanol–water partition coefficient (Wildman–Crippen LogP) is 5.65. The summed E-state index contributed by atoms with van der Waals surface area (Å²) in [7, 11) is 2.16. The predicted molar refractivity (Wildman–Crippen MR) is 120 cm³/mol. The smallest absolute Gasteiger partial charge is 0.0922 e. The average molecular weight is 383 g/mol. The number of nitrogens with two attached hydrogens (primary N) is 1. The van der Waals surface area contributed by atoms with Gasteiger partial charge in [0.15, 0.2) is 0 Å². The van der Waals surface area contributed by atoms with E-state index in [-0.39, 0.29) is 0 Å². The zero-order valence-electron chi connectivity index (χ0n) is 16.9. The summed E-state index contributed by atoms with van der Waals surface area (Å²) in [5, 5.41) is 6.25. The molecule has 0 spiro atoms. The molecule has 3 N–H and O–H groups in total. The molecule has 3 aromatic carbocycles. The molecule has 0 radical (unpaired) electrons. The molecule has 4 rings (SSSR count). The molecule has 4 heteroatoms. The van der Waals surface area contributed by atoms with Crippen LogP contribution in [0.1, 0.15) is 35.1 Å². The lowest BCUT2D eigenvalue weighted by atomic mass is 9.83. The molecule has 0 saturated carbocycles. The molecule has 1 aliphatic rings. The molecule has 29 heavy (non-hydrogen) atoms. The zero-order valence-corrected chi connectivity index (χ0v) is 16.9. The second-order valence-electron chi connectivity index (χ2n) is 7.84. The van der Waals surface area contributed by atoms with Gasteiger partial charge < -0.3 is 10.6 Å². The summed E-state index contributed by atoms with van der Waals surface area (Å²) in [5.41, 5.74) is 19.5. The van der Waals surface area contributed by atoms with Crippen molar-refractivity contribution in [2.24, 2.45) is 10.8 Å². The molecule has 1 aliphatic heterocycles. The number of nitrogens with one attached hydrogen (secondary N) is 1. The molecule has 1 unspecified atom stereocenters. The Bertz CT molecular complexity index is 1120. The van der Waals surface area contributed by atoms with Crippen molar-refractivity contribution in [3.63, 3.8) is 0 Å². The van der Waals surface area contributed by atoms with Gasteiger partial charge in [0.1, 0.15) is 0 Å². The molecule has 0 saturated heterocycles. The number of rotatable bonds is 4. The highest BCUT2D eigenvalue weighted by Gasteiger charge is 2.25. The first-order valence-corrected chi connectivity index (χ1v) is 9.87. The first-order chi connectivity index (χ1) is 14.0. The van der Waals surface area contributed by atoms with Crippen LogP contribution in [0.25, 0.3) is 16.5 Å². The van der Waals surface area contributed by atoms with Gasteiger partial charge in [0, 0.05) is 30.3 Å². The molecule has 0 amide bonds. The fraction of sp³-hybridized carbons (Fsp3) is 0.200. The van der Waals surface area contributed by atoms with Crippen LogP contribution in [0.5, 0.6) is 0 Å². The molecular formula is C25H26N4. The van der Waals surface area contributed by atoms with E-state index in [0.717, 1.165) is 18.7 Å². The minimum absolute atomic E-state index is 0.328. The van der Waals surface area contributed by atoms with Crippen molar-refractivity contribution in [1.29, 1.82) is 5.53 Å². The van der Waals surface area contributed by atoms with E-state index in [2.05, 4.69) is 77.7 Å². The molecule has 0 aliphatic carbocycles. The standard InChI is InChI=1S/C25H26N4/c1-17(26)7-12-25(28-27)21-10-11-23-22(14-21)15-29(2)16-24(23)20-9-8-18-5-3-4-6-19(18)13-20/h3-14,24,27H,15-16,26H2,1-2H3/b17-7+,25-12-,28-27?. The van der Waals surface area contributed by atoms with Crippen molar-refractivity contribution in [3.05, 3.63) is 101 Å². The van der Waals surface area contributed by atoms with E-state index in [0.29, 0.717) is 17.3 Å². The Balaban J connectivity index is 1.76. The largest absolute Gasteiger partial charge is 0.402 e. The van der Waals surface area contributed by atoms with Crippen molar-refractivity contribution < 1.29 is 0 Å². The molecule has 1 atom stereocenters. The van der Waals surface area contributed by atoms with E-state index in [1.54, 1.807) is 12.2 Å². The summed E-state index contributed by atoms with van der Waals surface area (Å²) in [6, 6.07) is 21.7. The fourth-order valence-corrected chi connectivity index (χ4v) is 4.13. The maximum Gasteiger partial charge on any atom is 0.0922 e. The number of fused-ring (bicyclic) bond motifs is 2. The summed E-state index contributed by atoms with van der Waals surface area (Å²) < 4.78 is 0. The molecule has 3 aromatic rings. The highest BCUT2D eigenvalue weighted by Crippen LogP contribution is 2.35. The van der Waals surface area contributed by atoms with Gasteiger partial charge >= 0.3 is 0 Å². The molecule has 0 bridgehead atoms. The molecule has 146 valence electrons. The van der Waals surface area contributed by atoms with Crippen LogP contribution in [0, 0.1) is 5.53 Å². The van der Waals surface area contributed by atoms with Gasteiger partial charge in [-0.25, -0.2) is 5.53 Å². The van der Waals surface area contributed by atoms with Gasteiger partial charge in [-0.05, 0) is 59.7 Å². The first kappa shape index (κ1) is 19.1.